The van der Waals surface area contributed by atoms with Crippen molar-refractivity contribution in [3.63, 3.8) is 0 Å². The van der Waals surface area contributed by atoms with E-state index in [4.69, 9.17) is 0 Å². The number of thioether (sulfide) groups is 1. The van der Waals surface area contributed by atoms with Gasteiger partial charge in [0.25, 0.3) is 11.8 Å². The molecular formula is C29H42N3O5PS. The minimum atomic E-state index is -4.00. The monoisotopic (exact) mass is 575 g/mol. The molecule has 2 aromatic carbocycles. The van der Waals surface area contributed by atoms with E-state index < -0.39 is 25.0 Å². The molecule has 0 bridgehead atoms. The Morgan fingerprint density at radius 3 is 2.18 bits per heavy atom. The maximum Gasteiger partial charge on any atom is 0.253 e. The maximum atomic E-state index is 13.6. The third-order valence-corrected chi connectivity index (χ3v) is 9.79. The van der Waals surface area contributed by atoms with E-state index in [0.717, 1.165) is 12.8 Å². The van der Waals surface area contributed by atoms with E-state index in [-0.39, 0.29) is 35.2 Å². The molecule has 0 spiro atoms. The fourth-order valence-electron chi connectivity index (χ4n) is 4.19. The number of carbonyl (C=O) groups is 3. The Bertz CT molecular complexity index is 1140. The molecule has 3 amide bonds. The number of hydrogen-bond donors (Lipinski definition) is 3. The Hall–Kier alpha value is -2.61. The van der Waals surface area contributed by atoms with Crippen molar-refractivity contribution in [2.45, 2.75) is 58.0 Å². The highest BCUT2D eigenvalue weighted by molar-refractivity contribution is 7.99. The molecule has 8 nitrogen and oxygen atoms in total. The van der Waals surface area contributed by atoms with Crippen molar-refractivity contribution < 1.29 is 23.8 Å². The molecule has 4 atom stereocenters. The third kappa shape index (κ3) is 10.1. The van der Waals surface area contributed by atoms with Crippen molar-refractivity contribution in [1.82, 2.24) is 10.2 Å². The predicted molar refractivity (Wildman–Crippen MR) is 161 cm³/mol. The number of carbonyl (C=O) groups excluding carboxylic acids is 3. The Kier molecular flexibility index (Phi) is 13.2. The second-order valence-electron chi connectivity index (χ2n) is 9.84. The molecule has 0 fully saturated rings. The molecule has 0 saturated heterocycles. The van der Waals surface area contributed by atoms with E-state index in [9.17, 15) is 23.8 Å². The first-order valence-corrected chi connectivity index (χ1v) is 16.6. The number of amides is 3. The van der Waals surface area contributed by atoms with Gasteiger partial charge in [-0.25, -0.2) is 0 Å². The smallest absolute Gasteiger partial charge is 0.253 e. The summed E-state index contributed by atoms with van der Waals surface area (Å²) >= 11 is 1.52. The summed E-state index contributed by atoms with van der Waals surface area (Å²) in [5, 5.41) is 5.52. The van der Waals surface area contributed by atoms with Crippen LogP contribution in [0.4, 0.5) is 5.69 Å². The van der Waals surface area contributed by atoms with Gasteiger partial charge in [0.05, 0.1) is 0 Å². The largest absolute Gasteiger partial charge is 0.343 e. The minimum Gasteiger partial charge on any atom is -0.343 e. The fourth-order valence-corrected chi connectivity index (χ4v) is 6.89. The molecule has 0 radical (unpaired) electrons. The summed E-state index contributed by atoms with van der Waals surface area (Å²) in [4.78, 5) is 51.9. The maximum absolute atomic E-state index is 13.6. The van der Waals surface area contributed by atoms with Gasteiger partial charge >= 0.3 is 0 Å². The van der Waals surface area contributed by atoms with Crippen LogP contribution in [0.25, 0.3) is 0 Å². The Labute approximate surface area is 236 Å². The summed E-state index contributed by atoms with van der Waals surface area (Å²) in [5.74, 6) is -2.85. The van der Waals surface area contributed by atoms with Gasteiger partial charge in [-0.2, -0.15) is 11.8 Å². The Balaban J connectivity index is 2.21. The Morgan fingerprint density at radius 1 is 0.974 bits per heavy atom. The van der Waals surface area contributed by atoms with Gasteiger partial charge in [-0.05, 0) is 55.9 Å². The van der Waals surface area contributed by atoms with Crippen LogP contribution in [0.15, 0.2) is 54.6 Å². The van der Waals surface area contributed by atoms with Crippen LogP contribution in [0.2, 0.25) is 0 Å². The first-order chi connectivity index (χ1) is 18.5. The lowest BCUT2D eigenvalue weighted by Gasteiger charge is -2.28. The Morgan fingerprint density at radius 2 is 1.59 bits per heavy atom. The summed E-state index contributed by atoms with van der Waals surface area (Å²) in [5.41, 5.74) is 1.25. The third-order valence-electron chi connectivity index (χ3n) is 6.41. The predicted octanol–water partition coefficient (Wildman–Crippen LogP) is 5.69. The van der Waals surface area contributed by atoms with Crippen LogP contribution >= 0.6 is 19.1 Å². The molecule has 4 unspecified atom stereocenters. The van der Waals surface area contributed by atoms with Crippen LogP contribution in [-0.4, -0.2) is 64.1 Å². The van der Waals surface area contributed by atoms with Crippen molar-refractivity contribution in [3.05, 3.63) is 65.7 Å². The number of hydrogen-bond acceptors (Lipinski definition) is 5. The standard InChI is InChI=1S/C29H42N3O5PS/c1-6-16-32(17-7-2)29(35)24-13-11-12-23(19-24)28(34)31-26(18-22(4)39-5)38(36,37)20-21(3)27(33)30-25-14-9-8-10-15-25/h8-15,19,21-22,26H,6-7,16-18,20H2,1-5H3,(H,30,33)(H,31,34)(H,36,37). The number of nitrogens with one attached hydrogen (secondary N) is 2. The molecule has 214 valence electrons. The van der Waals surface area contributed by atoms with E-state index in [1.165, 1.54) is 17.8 Å². The number of para-hydroxylation sites is 1. The molecule has 0 aliphatic rings. The van der Waals surface area contributed by atoms with E-state index in [2.05, 4.69) is 10.6 Å². The molecule has 0 heterocycles. The van der Waals surface area contributed by atoms with E-state index in [1.54, 1.807) is 54.3 Å². The lowest BCUT2D eigenvalue weighted by molar-refractivity contribution is -0.118. The second-order valence-corrected chi connectivity index (χ2v) is 13.6. The van der Waals surface area contributed by atoms with Gasteiger partial charge in [0.15, 0.2) is 0 Å². The number of benzene rings is 2. The first-order valence-electron chi connectivity index (χ1n) is 13.4. The molecule has 2 aromatic rings. The fraction of sp³-hybridized carbons (Fsp3) is 0.483. The van der Waals surface area contributed by atoms with Gasteiger partial charge < -0.3 is 20.4 Å². The van der Waals surface area contributed by atoms with Crippen molar-refractivity contribution in [2.75, 3.05) is 30.8 Å². The van der Waals surface area contributed by atoms with Crippen LogP contribution in [0, 0.1) is 5.92 Å². The minimum absolute atomic E-state index is 0.00576. The highest BCUT2D eigenvalue weighted by Crippen LogP contribution is 2.49. The molecule has 2 rings (SSSR count). The summed E-state index contributed by atoms with van der Waals surface area (Å²) in [6.45, 7) is 8.79. The molecule has 3 N–H and O–H groups in total. The van der Waals surface area contributed by atoms with Crippen LogP contribution in [0.3, 0.4) is 0 Å². The zero-order valence-electron chi connectivity index (χ0n) is 23.6. The number of rotatable bonds is 15. The van der Waals surface area contributed by atoms with Crippen LogP contribution in [0.5, 0.6) is 0 Å². The van der Waals surface area contributed by atoms with Crippen molar-refractivity contribution >= 4 is 42.5 Å². The van der Waals surface area contributed by atoms with Crippen molar-refractivity contribution in [2.24, 2.45) is 5.92 Å². The van der Waals surface area contributed by atoms with Crippen LogP contribution in [-0.2, 0) is 9.36 Å². The second kappa shape index (κ2) is 15.8. The van der Waals surface area contributed by atoms with Crippen LogP contribution in [0.1, 0.15) is 67.7 Å². The molecule has 10 heteroatoms. The van der Waals surface area contributed by atoms with Crippen molar-refractivity contribution in [1.29, 1.82) is 0 Å². The van der Waals surface area contributed by atoms with Gasteiger partial charge in [-0.15, -0.1) is 0 Å². The summed E-state index contributed by atoms with van der Waals surface area (Å²) in [6, 6.07) is 15.3. The normalized spacial score (nSPS) is 14.9. The average molecular weight is 576 g/mol. The molecule has 0 aliphatic heterocycles. The molecular weight excluding hydrogens is 533 g/mol. The summed E-state index contributed by atoms with van der Waals surface area (Å²) < 4.78 is 13.6. The summed E-state index contributed by atoms with van der Waals surface area (Å²) in [6.07, 6.45) is 3.53. The SMILES string of the molecule is CCCN(CCC)C(=O)c1cccc(C(=O)NC(CC(C)SC)P(=O)(O)CC(C)C(=O)Nc2ccccc2)c1. The lowest BCUT2D eigenvalue weighted by atomic mass is 10.1. The van der Waals surface area contributed by atoms with Crippen LogP contribution < -0.4 is 10.6 Å². The van der Waals surface area contributed by atoms with E-state index in [1.807, 2.05) is 33.1 Å². The summed E-state index contributed by atoms with van der Waals surface area (Å²) in [7, 11) is -4.00. The number of nitrogens with zero attached hydrogens (tertiary/aromatic N) is 1. The number of anilines is 1. The lowest BCUT2D eigenvalue weighted by Crippen LogP contribution is -2.38. The molecule has 0 aromatic heterocycles. The molecule has 39 heavy (non-hydrogen) atoms. The van der Waals surface area contributed by atoms with Gasteiger partial charge in [0.2, 0.25) is 13.3 Å². The molecule has 0 saturated carbocycles. The highest BCUT2D eigenvalue weighted by Gasteiger charge is 2.36. The van der Waals surface area contributed by atoms with Gasteiger partial charge in [-0.3, -0.25) is 18.9 Å². The van der Waals surface area contributed by atoms with Gasteiger partial charge in [-0.1, -0.05) is 52.0 Å². The first kappa shape index (κ1) is 32.6. The molecule has 0 aliphatic carbocycles. The van der Waals surface area contributed by atoms with Gasteiger partial charge in [0, 0.05) is 47.2 Å². The van der Waals surface area contributed by atoms with E-state index in [0.29, 0.717) is 24.3 Å². The average Bonchev–Trinajstić information content (AvgIpc) is 2.92. The van der Waals surface area contributed by atoms with Crippen molar-refractivity contribution in [3.8, 4) is 0 Å². The van der Waals surface area contributed by atoms with E-state index >= 15 is 0 Å². The zero-order valence-corrected chi connectivity index (χ0v) is 25.3. The highest BCUT2D eigenvalue weighted by atomic mass is 32.2. The zero-order chi connectivity index (χ0) is 29.0. The quantitative estimate of drug-likeness (QED) is 0.235. The topological polar surface area (TPSA) is 116 Å². The van der Waals surface area contributed by atoms with Gasteiger partial charge in [0.1, 0.15) is 5.78 Å².